The Morgan fingerprint density at radius 3 is 2.42 bits per heavy atom. The van der Waals surface area contributed by atoms with Gasteiger partial charge in [0.15, 0.2) is 5.82 Å². The number of halogens is 7. The van der Waals surface area contributed by atoms with Crippen LogP contribution in [0.2, 0.25) is 10.0 Å². The predicted octanol–water partition coefficient (Wildman–Crippen LogP) is 9.00. The maximum absolute atomic E-state index is 15.5. The molecule has 0 spiro atoms. The summed E-state index contributed by atoms with van der Waals surface area (Å²) in [4.78, 5) is 17.8. The lowest BCUT2D eigenvalue weighted by Crippen LogP contribution is -2.09. The second-order valence-corrected chi connectivity index (χ2v) is 10.5. The molecule has 0 atom stereocenters. The van der Waals surface area contributed by atoms with Crippen LogP contribution in [0.15, 0.2) is 76.4 Å². The van der Waals surface area contributed by atoms with Crippen LogP contribution in [0.5, 0.6) is 0 Å². The zero-order valence-corrected chi connectivity index (χ0v) is 22.6. The van der Waals surface area contributed by atoms with Crippen molar-refractivity contribution in [2.45, 2.75) is 4.90 Å². The van der Waals surface area contributed by atoms with Crippen molar-refractivity contribution in [3.05, 3.63) is 116 Å². The normalized spacial score (nSPS) is 11.2. The highest BCUT2D eigenvalue weighted by Gasteiger charge is 2.27. The number of rotatable bonds is 6. The second kappa shape index (κ2) is 10.6. The molecule has 38 heavy (non-hydrogen) atoms. The Balaban J connectivity index is 1.60. The molecule has 0 fully saturated rings. The molecule has 4 nitrogen and oxygen atoms in total. The largest absolute Gasteiger partial charge is 0.323 e. The summed E-state index contributed by atoms with van der Waals surface area (Å²) in [5.41, 5.74) is -0.609. The molecule has 3 aromatic carbocycles. The van der Waals surface area contributed by atoms with Crippen LogP contribution in [-0.2, 0) is 0 Å². The minimum atomic E-state index is -1.21. The van der Waals surface area contributed by atoms with E-state index in [4.69, 9.17) is 23.2 Å². The zero-order valence-electron chi connectivity index (χ0n) is 18.7. The number of hydrogen-bond acceptors (Lipinski definition) is 4. The molecule has 0 bridgehead atoms. The van der Waals surface area contributed by atoms with Crippen LogP contribution in [0, 0.1) is 23.3 Å². The van der Waals surface area contributed by atoms with Gasteiger partial charge in [0.25, 0.3) is 0 Å². The van der Waals surface area contributed by atoms with Crippen LogP contribution in [0.1, 0.15) is 15.9 Å². The lowest BCUT2D eigenvalue weighted by molar-refractivity contribution is 0.103. The first-order valence-corrected chi connectivity index (χ1v) is 13.0. The Labute approximate surface area is 235 Å². The molecule has 0 aliphatic carbocycles. The van der Waals surface area contributed by atoms with E-state index in [2.05, 4.69) is 25.6 Å². The molecule has 0 radical (unpaired) electrons. The first-order chi connectivity index (χ1) is 18.2. The Bertz CT molecular complexity index is 1730. The van der Waals surface area contributed by atoms with E-state index in [0.717, 1.165) is 30.3 Å². The molecule has 1 N–H and O–H groups in total. The summed E-state index contributed by atoms with van der Waals surface area (Å²) < 4.78 is 62.4. The summed E-state index contributed by atoms with van der Waals surface area (Å²) >= 11 is 16.6. The van der Waals surface area contributed by atoms with Gasteiger partial charge >= 0.3 is 0 Å². The van der Waals surface area contributed by atoms with Gasteiger partial charge in [-0.3, -0.25) is 9.36 Å². The van der Waals surface area contributed by atoms with Crippen molar-refractivity contribution >= 4 is 73.6 Å². The van der Waals surface area contributed by atoms with E-state index >= 15 is 4.39 Å². The van der Waals surface area contributed by atoms with Gasteiger partial charge in [0.05, 0.1) is 37.4 Å². The number of hydrogen-bond donors (Lipinski definition) is 1. The lowest BCUT2D eigenvalue weighted by atomic mass is 10.0. The average Bonchev–Trinajstić information content (AvgIpc) is 3.23. The average molecular weight is 641 g/mol. The lowest BCUT2D eigenvalue weighted by Gasteiger charge is -2.11. The van der Waals surface area contributed by atoms with E-state index in [9.17, 15) is 18.0 Å². The first kappa shape index (κ1) is 26.6. The highest BCUT2D eigenvalue weighted by molar-refractivity contribution is 9.10. The van der Waals surface area contributed by atoms with Crippen LogP contribution in [-0.4, -0.2) is 15.3 Å². The number of nitrogens with one attached hydrogen (secondary N) is 1. The Morgan fingerprint density at radius 1 is 0.974 bits per heavy atom. The van der Waals surface area contributed by atoms with Gasteiger partial charge in [0.1, 0.15) is 23.1 Å². The molecule has 0 aliphatic heterocycles. The predicted molar refractivity (Wildman–Crippen MR) is 144 cm³/mol. The molecule has 192 valence electrons. The molecule has 0 saturated heterocycles. The highest BCUT2D eigenvalue weighted by atomic mass is 79.9. The third-order valence-corrected chi connectivity index (χ3v) is 7.41. The number of para-hydroxylation sites is 1. The SMILES string of the molecule is O=C(c1c(F)ccc(NSc2cc(F)ccc2F)c1F)c1cn(-c2c(Cl)cccc2Cl)c2ncc(Br)cc12. The van der Waals surface area contributed by atoms with Gasteiger partial charge in [-0.2, -0.15) is 0 Å². The van der Waals surface area contributed by atoms with E-state index in [0.29, 0.717) is 22.1 Å². The van der Waals surface area contributed by atoms with Crippen LogP contribution in [0.4, 0.5) is 23.2 Å². The van der Waals surface area contributed by atoms with Gasteiger partial charge in [-0.1, -0.05) is 29.3 Å². The monoisotopic (exact) mass is 639 g/mol. The number of carbonyl (C=O) groups is 1. The van der Waals surface area contributed by atoms with Crippen molar-refractivity contribution in [2.75, 3.05) is 4.72 Å². The molecule has 0 aliphatic rings. The summed E-state index contributed by atoms with van der Waals surface area (Å²) in [5, 5.41) is 0.820. The molecular formula is C26H12BrCl2F4N3OS. The summed E-state index contributed by atoms with van der Waals surface area (Å²) in [7, 11) is 0. The summed E-state index contributed by atoms with van der Waals surface area (Å²) in [6.07, 6.45) is 2.85. The number of benzene rings is 3. The Hall–Kier alpha value is -3.05. The Morgan fingerprint density at radius 2 is 1.68 bits per heavy atom. The molecule has 0 amide bonds. The van der Waals surface area contributed by atoms with Gasteiger partial charge in [0.2, 0.25) is 5.78 Å². The van der Waals surface area contributed by atoms with Gasteiger partial charge in [-0.05, 0) is 76.4 Å². The third kappa shape index (κ3) is 4.89. The number of anilines is 1. The second-order valence-electron chi connectivity index (χ2n) is 7.90. The van der Waals surface area contributed by atoms with Crippen molar-refractivity contribution < 1.29 is 22.4 Å². The van der Waals surface area contributed by atoms with Crippen LogP contribution in [0.25, 0.3) is 16.7 Å². The summed E-state index contributed by atoms with van der Waals surface area (Å²) in [5.74, 6) is -4.73. The Kier molecular flexibility index (Phi) is 7.41. The minimum absolute atomic E-state index is 0.0661. The molecule has 12 heteroatoms. The van der Waals surface area contributed by atoms with Gasteiger partial charge in [0, 0.05) is 22.3 Å². The fraction of sp³-hybridized carbons (Fsp3) is 0. The molecule has 2 aromatic heterocycles. The van der Waals surface area contributed by atoms with Crippen molar-refractivity contribution in [1.29, 1.82) is 0 Å². The summed E-state index contributed by atoms with van der Waals surface area (Å²) in [6.45, 7) is 0. The standard InChI is InChI=1S/C26H12BrCl2F4N3OS/c27-12-8-14-15(11-36(26(14)34-10-12)24-16(28)2-1-3-17(24)29)25(37)22-19(32)6-7-20(23(22)33)35-38-21-9-13(30)4-5-18(21)31/h1-11,35H. The van der Waals surface area contributed by atoms with Crippen molar-refractivity contribution in [3.63, 3.8) is 0 Å². The zero-order chi connectivity index (χ0) is 27.1. The third-order valence-electron chi connectivity index (χ3n) is 5.52. The maximum atomic E-state index is 15.5. The van der Waals surface area contributed by atoms with Crippen molar-refractivity contribution in [1.82, 2.24) is 9.55 Å². The van der Waals surface area contributed by atoms with E-state index in [1.807, 2.05) is 0 Å². The number of fused-ring (bicyclic) bond motifs is 1. The van der Waals surface area contributed by atoms with E-state index in [1.165, 1.54) is 17.0 Å². The van der Waals surface area contributed by atoms with Crippen molar-refractivity contribution in [3.8, 4) is 5.69 Å². The molecule has 5 aromatic rings. The van der Waals surface area contributed by atoms with Crippen LogP contribution < -0.4 is 4.72 Å². The fourth-order valence-electron chi connectivity index (χ4n) is 3.79. The van der Waals surface area contributed by atoms with Gasteiger partial charge in [-0.25, -0.2) is 22.5 Å². The molecule has 5 rings (SSSR count). The molecular weight excluding hydrogens is 629 g/mol. The maximum Gasteiger partial charge on any atom is 0.201 e. The number of aromatic nitrogens is 2. The first-order valence-electron chi connectivity index (χ1n) is 10.7. The van der Waals surface area contributed by atoms with Gasteiger partial charge in [-0.15, -0.1) is 0 Å². The van der Waals surface area contributed by atoms with E-state index in [-0.39, 0.29) is 37.2 Å². The molecule has 2 heterocycles. The summed E-state index contributed by atoms with van der Waals surface area (Å²) in [6, 6.07) is 11.2. The molecule has 0 saturated carbocycles. The highest BCUT2D eigenvalue weighted by Crippen LogP contribution is 2.36. The van der Waals surface area contributed by atoms with Crippen LogP contribution >= 0.6 is 51.1 Å². The van der Waals surface area contributed by atoms with E-state index in [1.54, 1.807) is 24.3 Å². The number of carbonyl (C=O) groups excluding carboxylic acids is 1. The quantitative estimate of drug-likeness (QED) is 0.114. The van der Waals surface area contributed by atoms with Crippen LogP contribution in [0.3, 0.4) is 0 Å². The number of nitrogens with zero attached hydrogens (tertiary/aromatic N) is 2. The molecule has 0 unspecified atom stereocenters. The minimum Gasteiger partial charge on any atom is -0.323 e. The van der Waals surface area contributed by atoms with Crippen molar-refractivity contribution in [2.24, 2.45) is 0 Å². The topological polar surface area (TPSA) is 46.9 Å². The number of pyridine rings is 1. The van der Waals surface area contributed by atoms with Gasteiger partial charge < -0.3 is 4.72 Å². The number of ketones is 1. The van der Waals surface area contributed by atoms with E-state index < -0.39 is 34.6 Å². The smallest absolute Gasteiger partial charge is 0.201 e. The fourth-order valence-corrected chi connectivity index (χ4v) is 5.42.